The summed E-state index contributed by atoms with van der Waals surface area (Å²) >= 11 is 0. The van der Waals surface area contributed by atoms with Crippen molar-refractivity contribution >= 4 is 10.8 Å². The molecule has 0 atom stereocenters. The Balaban J connectivity index is 2.89. The molecule has 0 amide bonds. The topological polar surface area (TPSA) is 12.9 Å². The molecule has 2 aromatic rings. The van der Waals surface area contributed by atoms with Gasteiger partial charge in [0.25, 0.3) is 6.43 Å². The first-order chi connectivity index (χ1) is 7.11. The number of nitrogens with zero attached hydrogens (tertiary/aromatic N) is 1. The number of halogens is 4. The number of pyridine rings is 1. The van der Waals surface area contributed by atoms with Crippen LogP contribution in [0.3, 0.4) is 0 Å². The third kappa shape index (κ3) is 1.54. The molecule has 2 rings (SSSR count). The molecule has 0 aliphatic heterocycles. The molecule has 1 aromatic heterocycles. The minimum Gasteiger partial charge on any atom is -0.264 e. The normalized spacial score (nSPS) is 11.3. The summed E-state index contributed by atoms with van der Waals surface area (Å²) in [7, 11) is 0. The van der Waals surface area contributed by atoms with Crippen LogP contribution in [0.4, 0.5) is 17.6 Å². The minimum atomic E-state index is -3.05. The Hall–Kier alpha value is -1.65. The number of hydrogen-bond acceptors (Lipinski definition) is 1. The van der Waals surface area contributed by atoms with Crippen molar-refractivity contribution in [2.75, 3.05) is 0 Å². The number of alkyl halides is 2. The second kappa shape index (κ2) is 3.49. The largest absolute Gasteiger partial charge is 0.267 e. The Kier molecular flexibility index (Phi) is 2.30. The Bertz CT molecular complexity index is 510. The number of aromatic nitrogens is 1. The van der Waals surface area contributed by atoms with Gasteiger partial charge in [-0.1, -0.05) is 0 Å². The van der Waals surface area contributed by atoms with Gasteiger partial charge in [-0.15, -0.1) is 0 Å². The van der Waals surface area contributed by atoms with Gasteiger partial charge in [0, 0.05) is 17.8 Å². The first-order valence-electron chi connectivity index (χ1n) is 4.11. The third-order valence-electron chi connectivity index (χ3n) is 2.09. The molecule has 1 heterocycles. The summed E-state index contributed by atoms with van der Waals surface area (Å²) in [5.41, 5.74) is -0.910. The predicted octanol–water partition coefficient (Wildman–Crippen LogP) is 3.45. The number of hydrogen-bond donors (Lipinski definition) is 0. The summed E-state index contributed by atoms with van der Waals surface area (Å²) in [4.78, 5) is 3.65. The van der Waals surface area contributed by atoms with E-state index in [4.69, 9.17) is 0 Å². The highest BCUT2D eigenvalue weighted by molar-refractivity contribution is 5.85. The highest BCUT2D eigenvalue weighted by atomic mass is 19.3. The SMILES string of the molecule is Fc1cc2cnccc2c(C(F)F)c1F. The van der Waals surface area contributed by atoms with Crippen molar-refractivity contribution in [2.45, 2.75) is 6.43 Å². The molecule has 0 unspecified atom stereocenters. The van der Waals surface area contributed by atoms with Gasteiger partial charge >= 0.3 is 0 Å². The number of benzene rings is 1. The molecule has 0 radical (unpaired) electrons. The summed E-state index contributed by atoms with van der Waals surface area (Å²) in [6.45, 7) is 0. The van der Waals surface area contributed by atoms with Crippen molar-refractivity contribution in [3.63, 3.8) is 0 Å². The first kappa shape index (κ1) is 9.89. The summed E-state index contributed by atoms with van der Waals surface area (Å²) in [5, 5.41) is 0.144. The fourth-order valence-electron chi connectivity index (χ4n) is 1.43. The third-order valence-corrected chi connectivity index (χ3v) is 2.09. The van der Waals surface area contributed by atoms with Gasteiger partial charge in [0.15, 0.2) is 11.6 Å². The number of fused-ring (bicyclic) bond motifs is 1. The van der Waals surface area contributed by atoms with Gasteiger partial charge in [0.1, 0.15) is 0 Å². The van der Waals surface area contributed by atoms with Crippen LogP contribution in [-0.2, 0) is 0 Å². The van der Waals surface area contributed by atoms with Crippen molar-refractivity contribution in [3.05, 3.63) is 41.7 Å². The van der Waals surface area contributed by atoms with Gasteiger partial charge in [-0.2, -0.15) is 0 Å². The van der Waals surface area contributed by atoms with Crippen LogP contribution in [-0.4, -0.2) is 4.98 Å². The van der Waals surface area contributed by atoms with Crippen LogP contribution in [0.1, 0.15) is 12.0 Å². The lowest BCUT2D eigenvalue weighted by molar-refractivity contribution is 0.147. The van der Waals surface area contributed by atoms with Crippen molar-refractivity contribution in [1.29, 1.82) is 0 Å². The van der Waals surface area contributed by atoms with Crippen LogP contribution in [0.25, 0.3) is 10.8 Å². The lowest BCUT2D eigenvalue weighted by Gasteiger charge is -2.07. The van der Waals surface area contributed by atoms with Gasteiger partial charge in [0.05, 0.1) is 5.56 Å². The molecule has 0 aliphatic rings. The Morgan fingerprint density at radius 3 is 2.60 bits per heavy atom. The molecule has 1 aromatic carbocycles. The molecule has 78 valence electrons. The van der Waals surface area contributed by atoms with Gasteiger partial charge in [-0.05, 0) is 17.5 Å². The second-order valence-electron chi connectivity index (χ2n) is 2.98. The first-order valence-corrected chi connectivity index (χ1v) is 4.11. The highest BCUT2D eigenvalue weighted by Crippen LogP contribution is 2.31. The highest BCUT2D eigenvalue weighted by Gasteiger charge is 2.20. The summed E-state index contributed by atoms with van der Waals surface area (Å²) in [6, 6.07) is 2.09. The van der Waals surface area contributed by atoms with E-state index in [-0.39, 0.29) is 10.8 Å². The van der Waals surface area contributed by atoms with E-state index >= 15 is 0 Å². The average Bonchev–Trinajstić information content (AvgIpc) is 2.19. The van der Waals surface area contributed by atoms with E-state index in [0.29, 0.717) is 0 Å². The van der Waals surface area contributed by atoms with Crippen LogP contribution < -0.4 is 0 Å². The van der Waals surface area contributed by atoms with Gasteiger partial charge in [-0.25, -0.2) is 17.6 Å². The molecule has 1 nitrogen and oxygen atoms in total. The Morgan fingerprint density at radius 2 is 1.93 bits per heavy atom. The lowest BCUT2D eigenvalue weighted by Crippen LogP contribution is -1.97. The fourth-order valence-corrected chi connectivity index (χ4v) is 1.43. The minimum absolute atomic E-state index is 0.0149. The van der Waals surface area contributed by atoms with E-state index in [0.717, 1.165) is 6.07 Å². The standard InChI is InChI=1S/C10H5F4N/c11-7-3-5-4-15-2-1-6(5)8(9(7)12)10(13)14/h1-4,10H. The van der Waals surface area contributed by atoms with Crippen molar-refractivity contribution in [1.82, 2.24) is 4.98 Å². The van der Waals surface area contributed by atoms with Crippen LogP contribution in [0, 0.1) is 11.6 Å². The van der Waals surface area contributed by atoms with E-state index in [1.165, 1.54) is 18.5 Å². The maximum Gasteiger partial charge on any atom is 0.267 e. The summed E-state index contributed by atoms with van der Waals surface area (Å²) < 4.78 is 51.1. The summed E-state index contributed by atoms with van der Waals surface area (Å²) in [6.07, 6.45) is -0.583. The van der Waals surface area contributed by atoms with Gasteiger partial charge < -0.3 is 0 Å². The van der Waals surface area contributed by atoms with Crippen LogP contribution in [0.2, 0.25) is 0 Å². The van der Waals surface area contributed by atoms with Crippen molar-refractivity contribution in [2.24, 2.45) is 0 Å². The lowest BCUT2D eigenvalue weighted by atomic mass is 10.1. The zero-order valence-corrected chi connectivity index (χ0v) is 7.35. The van der Waals surface area contributed by atoms with E-state index in [2.05, 4.69) is 4.98 Å². The molecule has 0 N–H and O–H groups in total. The van der Waals surface area contributed by atoms with E-state index < -0.39 is 23.6 Å². The monoisotopic (exact) mass is 215 g/mol. The summed E-state index contributed by atoms with van der Waals surface area (Å²) in [5.74, 6) is -2.78. The quantitative estimate of drug-likeness (QED) is 0.664. The predicted molar refractivity (Wildman–Crippen MR) is 46.6 cm³/mol. The molecule has 0 bridgehead atoms. The zero-order valence-electron chi connectivity index (χ0n) is 7.35. The van der Waals surface area contributed by atoms with Gasteiger partial charge in [-0.3, -0.25) is 4.98 Å². The van der Waals surface area contributed by atoms with Crippen LogP contribution in [0.15, 0.2) is 24.5 Å². The van der Waals surface area contributed by atoms with E-state index in [1.54, 1.807) is 0 Å². The molecule has 5 heteroatoms. The van der Waals surface area contributed by atoms with E-state index in [1.807, 2.05) is 0 Å². The maximum absolute atomic E-state index is 13.1. The fraction of sp³-hybridized carbons (Fsp3) is 0.100. The second-order valence-corrected chi connectivity index (χ2v) is 2.98. The van der Waals surface area contributed by atoms with Crippen molar-refractivity contribution in [3.8, 4) is 0 Å². The smallest absolute Gasteiger partial charge is 0.264 e. The maximum atomic E-state index is 13.1. The molecule has 0 saturated carbocycles. The molecule has 0 aliphatic carbocycles. The van der Waals surface area contributed by atoms with Crippen LogP contribution >= 0.6 is 0 Å². The number of rotatable bonds is 1. The van der Waals surface area contributed by atoms with Crippen molar-refractivity contribution < 1.29 is 17.6 Å². The van der Waals surface area contributed by atoms with Crippen LogP contribution in [0.5, 0.6) is 0 Å². The van der Waals surface area contributed by atoms with Gasteiger partial charge in [0.2, 0.25) is 0 Å². The average molecular weight is 215 g/mol. The zero-order chi connectivity index (χ0) is 11.0. The molecule has 15 heavy (non-hydrogen) atoms. The molecular weight excluding hydrogens is 210 g/mol. The molecular formula is C10H5F4N. The molecule has 0 spiro atoms. The Labute approximate surface area is 82.4 Å². The van der Waals surface area contributed by atoms with E-state index in [9.17, 15) is 17.6 Å². The molecule has 0 saturated heterocycles. The Morgan fingerprint density at radius 1 is 1.20 bits per heavy atom. The molecule has 0 fully saturated rings.